The van der Waals surface area contributed by atoms with Crippen LogP contribution in [0.1, 0.15) is 19.8 Å². The second-order valence-electron chi connectivity index (χ2n) is 5.61. The fraction of sp³-hybridized carbons (Fsp3) is 0.385. The lowest BCUT2D eigenvalue weighted by Crippen LogP contribution is -2.28. The van der Waals surface area contributed by atoms with Crippen molar-refractivity contribution < 1.29 is 25.8 Å². The van der Waals surface area contributed by atoms with Crippen molar-refractivity contribution in [3.8, 4) is 5.88 Å². The molecule has 0 radical (unpaired) electrons. The van der Waals surface area contributed by atoms with Gasteiger partial charge in [0.25, 0.3) is 5.88 Å². The zero-order valence-corrected chi connectivity index (χ0v) is 13.9. The molecule has 0 atom stereocenters. The molecule has 0 unspecified atom stereocenters. The summed E-state index contributed by atoms with van der Waals surface area (Å²) >= 11 is 1.37. The number of halogens is 3. The van der Waals surface area contributed by atoms with Crippen LogP contribution in [0.5, 0.6) is 5.88 Å². The number of rotatable bonds is 5. The lowest BCUT2D eigenvalue weighted by atomic mass is 10.3. The van der Waals surface area contributed by atoms with E-state index in [1.807, 2.05) is 0 Å². The summed E-state index contributed by atoms with van der Waals surface area (Å²) in [5.41, 5.74) is -4.78. The molecule has 2 aromatic rings. The van der Waals surface area contributed by atoms with Crippen LogP contribution in [0.15, 0.2) is 29.3 Å². The second-order valence-corrected chi connectivity index (χ2v) is 8.02. The molecule has 0 aliphatic heterocycles. The van der Waals surface area contributed by atoms with Crippen LogP contribution < -0.4 is 8.91 Å². The zero-order chi connectivity index (χ0) is 17.6. The van der Waals surface area contributed by atoms with Crippen molar-refractivity contribution in [2.24, 2.45) is 0 Å². The third-order valence-corrected chi connectivity index (χ3v) is 5.43. The van der Waals surface area contributed by atoms with E-state index in [-0.39, 0.29) is 11.1 Å². The number of fused-ring (bicyclic) bond motifs is 1. The van der Waals surface area contributed by atoms with Gasteiger partial charge in [-0.25, -0.2) is 9.97 Å². The standard InChI is InChI=1S/C13H12F3N3O3S2/c1-12(4-5-12)19-23-8-2-3-9-10(6-8)18-11(7-17-9)22-24(20,21)13(14,15)16/h2-3,6-7,19H,4-5H2,1H3. The molecule has 1 aliphatic carbocycles. The molecule has 130 valence electrons. The predicted octanol–water partition coefficient (Wildman–Crippen LogP) is 3.01. The first-order valence-electron chi connectivity index (χ1n) is 6.80. The maximum Gasteiger partial charge on any atom is 0.534 e. The van der Waals surface area contributed by atoms with Gasteiger partial charge in [-0.1, -0.05) is 0 Å². The summed E-state index contributed by atoms with van der Waals surface area (Å²) in [6.45, 7) is 2.08. The third kappa shape index (κ3) is 3.73. The molecule has 11 heteroatoms. The van der Waals surface area contributed by atoms with Crippen molar-refractivity contribution in [2.75, 3.05) is 0 Å². The van der Waals surface area contributed by atoms with Crippen LogP contribution >= 0.6 is 11.9 Å². The van der Waals surface area contributed by atoms with Gasteiger partial charge in [0, 0.05) is 10.4 Å². The molecule has 1 aromatic heterocycles. The molecular formula is C13H12F3N3O3S2. The Hall–Kier alpha value is -1.59. The third-order valence-electron chi connectivity index (χ3n) is 3.39. The van der Waals surface area contributed by atoms with E-state index in [2.05, 4.69) is 25.8 Å². The van der Waals surface area contributed by atoms with Crippen LogP contribution in [0, 0.1) is 0 Å². The SMILES string of the molecule is CC1(NSc2ccc3ncc(OS(=O)(=O)C(F)(F)F)nc3c2)CC1. The summed E-state index contributed by atoms with van der Waals surface area (Å²) in [5.74, 6) is -0.732. The van der Waals surface area contributed by atoms with Gasteiger partial charge in [0.05, 0.1) is 17.2 Å². The Bertz CT molecular complexity index is 883. The van der Waals surface area contributed by atoms with Gasteiger partial charge in [-0.3, -0.25) is 4.72 Å². The summed E-state index contributed by atoms with van der Waals surface area (Å²) in [6, 6.07) is 5.02. The van der Waals surface area contributed by atoms with Gasteiger partial charge in [0.15, 0.2) is 0 Å². The first kappa shape index (κ1) is 17.2. The molecular weight excluding hydrogens is 367 g/mol. The number of alkyl halides is 3. The van der Waals surface area contributed by atoms with Crippen LogP contribution in [0.25, 0.3) is 11.0 Å². The Morgan fingerprint density at radius 3 is 2.62 bits per heavy atom. The molecule has 1 aromatic carbocycles. The summed E-state index contributed by atoms with van der Waals surface area (Å²) in [7, 11) is -5.77. The maximum atomic E-state index is 12.3. The summed E-state index contributed by atoms with van der Waals surface area (Å²) in [5, 5.41) is 0. The van der Waals surface area contributed by atoms with Gasteiger partial charge in [-0.05, 0) is 49.9 Å². The van der Waals surface area contributed by atoms with Crippen molar-refractivity contribution in [3.63, 3.8) is 0 Å². The molecule has 0 bridgehead atoms. The number of aromatic nitrogens is 2. The topological polar surface area (TPSA) is 81.2 Å². The van der Waals surface area contributed by atoms with Crippen molar-refractivity contribution in [1.29, 1.82) is 0 Å². The Morgan fingerprint density at radius 1 is 1.29 bits per heavy atom. The van der Waals surface area contributed by atoms with Crippen LogP contribution in [0.3, 0.4) is 0 Å². The normalized spacial score (nSPS) is 17.0. The van der Waals surface area contributed by atoms with Crippen molar-refractivity contribution in [3.05, 3.63) is 24.4 Å². The molecule has 0 spiro atoms. The average Bonchev–Trinajstić information content (AvgIpc) is 3.21. The molecule has 1 aliphatic rings. The van der Waals surface area contributed by atoms with Crippen molar-refractivity contribution in [2.45, 2.75) is 35.7 Å². The number of benzene rings is 1. The smallest absolute Gasteiger partial charge is 0.354 e. The first-order valence-corrected chi connectivity index (χ1v) is 9.02. The molecule has 6 nitrogen and oxygen atoms in total. The molecule has 0 saturated heterocycles. The van der Waals surface area contributed by atoms with Gasteiger partial charge < -0.3 is 4.18 Å². The lowest BCUT2D eigenvalue weighted by molar-refractivity contribution is -0.0501. The highest BCUT2D eigenvalue weighted by Crippen LogP contribution is 2.37. The van der Waals surface area contributed by atoms with Crippen LogP contribution in [-0.2, 0) is 10.1 Å². The maximum absolute atomic E-state index is 12.3. The van der Waals surface area contributed by atoms with E-state index in [4.69, 9.17) is 0 Å². The van der Waals surface area contributed by atoms with E-state index < -0.39 is 21.5 Å². The minimum atomic E-state index is -5.77. The predicted molar refractivity (Wildman–Crippen MR) is 81.8 cm³/mol. The summed E-state index contributed by atoms with van der Waals surface area (Å²) in [4.78, 5) is 8.43. The van der Waals surface area contributed by atoms with E-state index in [0.29, 0.717) is 5.52 Å². The van der Waals surface area contributed by atoms with Crippen LogP contribution in [-0.4, -0.2) is 29.4 Å². The largest absolute Gasteiger partial charge is 0.534 e. The Balaban J connectivity index is 1.83. The lowest BCUT2D eigenvalue weighted by Gasteiger charge is -2.11. The van der Waals surface area contributed by atoms with E-state index in [1.54, 1.807) is 18.2 Å². The number of nitrogens with one attached hydrogen (secondary N) is 1. The highest BCUT2D eigenvalue weighted by Gasteiger charge is 2.49. The van der Waals surface area contributed by atoms with Gasteiger partial charge in [0.2, 0.25) is 0 Å². The van der Waals surface area contributed by atoms with Crippen LogP contribution in [0.4, 0.5) is 13.2 Å². The highest BCUT2D eigenvalue weighted by molar-refractivity contribution is 7.97. The molecule has 1 N–H and O–H groups in total. The number of hydrogen-bond donors (Lipinski definition) is 1. The van der Waals surface area contributed by atoms with Crippen LogP contribution in [0.2, 0.25) is 0 Å². The molecule has 1 fully saturated rings. The zero-order valence-electron chi connectivity index (χ0n) is 12.3. The first-order chi connectivity index (χ1) is 11.1. The van der Waals surface area contributed by atoms with Gasteiger partial charge in [0.1, 0.15) is 0 Å². The fourth-order valence-electron chi connectivity index (χ4n) is 1.71. The van der Waals surface area contributed by atoms with Gasteiger partial charge >= 0.3 is 15.6 Å². The Morgan fingerprint density at radius 2 is 2.00 bits per heavy atom. The molecule has 1 heterocycles. The number of nitrogens with zero attached hydrogens (tertiary/aromatic N) is 2. The van der Waals surface area contributed by atoms with Crippen molar-refractivity contribution in [1.82, 2.24) is 14.7 Å². The quantitative estimate of drug-likeness (QED) is 0.486. The highest BCUT2D eigenvalue weighted by atomic mass is 32.2. The monoisotopic (exact) mass is 379 g/mol. The fourth-order valence-corrected chi connectivity index (χ4v) is 2.98. The van der Waals surface area contributed by atoms with Gasteiger partial charge in [-0.2, -0.15) is 21.6 Å². The minimum Gasteiger partial charge on any atom is -0.354 e. The number of hydrogen-bond acceptors (Lipinski definition) is 7. The minimum absolute atomic E-state index is 0.0943. The van der Waals surface area contributed by atoms with E-state index in [0.717, 1.165) is 23.9 Å². The second kappa shape index (κ2) is 5.74. The summed E-state index contributed by atoms with van der Waals surface area (Å²) in [6.07, 6.45) is 2.98. The van der Waals surface area contributed by atoms with Gasteiger partial charge in [-0.15, -0.1) is 0 Å². The molecule has 0 amide bonds. The summed E-state index contributed by atoms with van der Waals surface area (Å²) < 4.78 is 66.3. The average molecular weight is 379 g/mol. The van der Waals surface area contributed by atoms with E-state index >= 15 is 0 Å². The van der Waals surface area contributed by atoms with E-state index in [1.165, 1.54) is 11.9 Å². The Kier molecular flexibility index (Phi) is 4.12. The van der Waals surface area contributed by atoms with Crippen molar-refractivity contribution >= 4 is 33.1 Å². The Labute approximate surface area is 140 Å². The van der Waals surface area contributed by atoms with E-state index in [9.17, 15) is 21.6 Å². The molecule has 1 saturated carbocycles. The molecule has 24 heavy (non-hydrogen) atoms. The molecule has 3 rings (SSSR count).